The molecule has 0 bridgehead atoms. The maximum absolute atomic E-state index is 5.51. The zero-order chi connectivity index (χ0) is 11.8. The van der Waals surface area contributed by atoms with Crippen LogP contribution in [0.1, 0.15) is 32.1 Å². The molecule has 0 aromatic heterocycles. The summed E-state index contributed by atoms with van der Waals surface area (Å²) in [6.07, 6.45) is 6.62. The van der Waals surface area contributed by atoms with Crippen LogP contribution in [-0.2, 0) is 18.9 Å². The van der Waals surface area contributed by atoms with Gasteiger partial charge in [-0.3, -0.25) is 0 Å². The minimum Gasteiger partial charge on any atom is -0.381 e. The molecule has 2 aliphatic rings. The maximum atomic E-state index is 5.51. The molecule has 2 rings (SSSR count). The number of hydrogen-bond acceptors (Lipinski definition) is 4. The lowest BCUT2D eigenvalue weighted by Crippen LogP contribution is -2.04. The van der Waals surface area contributed by atoms with E-state index < -0.39 is 0 Å². The summed E-state index contributed by atoms with van der Waals surface area (Å²) in [6.45, 7) is 5.27. The van der Waals surface area contributed by atoms with Crippen molar-refractivity contribution in [3.05, 3.63) is 0 Å². The first kappa shape index (κ1) is 13.3. The molecule has 17 heavy (non-hydrogen) atoms. The Labute approximate surface area is 104 Å². The lowest BCUT2D eigenvalue weighted by atomic mass is 10.2. The molecule has 0 radical (unpaired) electrons. The van der Waals surface area contributed by atoms with Gasteiger partial charge in [0, 0.05) is 26.4 Å². The molecule has 4 nitrogen and oxygen atoms in total. The predicted molar refractivity (Wildman–Crippen MR) is 64.2 cm³/mol. The molecule has 0 amide bonds. The Morgan fingerprint density at radius 1 is 0.706 bits per heavy atom. The van der Waals surface area contributed by atoms with Gasteiger partial charge in [0.05, 0.1) is 25.4 Å². The quantitative estimate of drug-likeness (QED) is 0.387. The minimum absolute atomic E-state index is 0.539. The summed E-state index contributed by atoms with van der Waals surface area (Å²) in [4.78, 5) is 0. The topological polar surface area (TPSA) is 43.5 Å². The Morgan fingerprint density at radius 2 is 1.12 bits per heavy atom. The van der Waals surface area contributed by atoms with Crippen molar-refractivity contribution in [3.63, 3.8) is 0 Å². The summed E-state index contributed by atoms with van der Waals surface area (Å²) >= 11 is 0. The zero-order valence-electron chi connectivity index (χ0n) is 10.6. The third-order valence-corrected chi connectivity index (χ3v) is 3.01. The Kier molecular flexibility index (Phi) is 6.27. The van der Waals surface area contributed by atoms with Crippen LogP contribution in [-0.4, -0.2) is 51.8 Å². The second-order valence-electron chi connectivity index (χ2n) is 4.77. The molecule has 2 aliphatic heterocycles. The Balaban J connectivity index is 1.20. The van der Waals surface area contributed by atoms with E-state index in [2.05, 4.69) is 0 Å². The Hall–Kier alpha value is -0.160. The van der Waals surface area contributed by atoms with E-state index in [-0.39, 0.29) is 0 Å². The molecule has 0 N–H and O–H groups in total. The largest absolute Gasteiger partial charge is 0.381 e. The molecule has 2 fully saturated rings. The molecule has 2 saturated heterocycles. The normalized spacial score (nSPS) is 26.1. The third-order valence-electron chi connectivity index (χ3n) is 3.01. The first-order valence-electron chi connectivity index (χ1n) is 6.84. The van der Waals surface area contributed by atoms with E-state index in [9.17, 15) is 0 Å². The van der Waals surface area contributed by atoms with E-state index >= 15 is 0 Å². The number of epoxide rings is 2. The summed E-state index contributed by atoms with van der Waals surface area (Å²) in [7, 11) is 0. The van der Waals surface area contributed by atoms with Gasteiger partial charge in [-0.1, -0.05) is 0 Å². The van der Waals surface area contributed by atoms with Crippen LogP contribution in [0.25, 0.3) is 0 Å². The van der Waals surface area contributed by atoms with Crippen molar-refractivity contribution in [2.45, 2.75) is 44.3 Å². The zero-order valence-corrected chi connectivity index (χ0v) is 10.6. The first-order valence-corrected chi connectivity index (χ1v) is 6.84. The fraction of sp³-hybridized carbons (Fsp3) is 1.00. The summed E-state index contributed by atoms with van der Waals surface area (Å²) in [5, 5.41) is 0. The van der Waals surface area contributed by atoms with Gasteiger partial charge >= 0.3 is 0 Å². The lowest BCUT2D eigenvalue weighted by molar-refractivity contribution is 0.0786. The van der Waals surface area contributed by atoms with Crippen LogP contribution in [0.3, 0.4) is 0 Å². The second kappa shape index (κ2) is 8.03. The Bertz CT molecular complexity index is 170. The van der Waals surface area contributed by atoms with Gasteiger partial charge in [-0.25, -0.2) is 0 Å². The van der Waals surface area contributed by atoms with Gasteiger partial charge in [0.1, 0.15) is 0 Å². The van der Waals surface area contributed by atoms with Gasteiger partial charge in [0.15, 0.2) is 0 Å². The van der Waals surface area contributed by atoms with Crippen LogP contribution in [0.4, 0.5) is 0 Å². The van der Waals surface area contributed by atoms with Gasteiger partial charge in [0.2, 0.25) is 0 Å². The van der Waals surface area contributed by atoms with Gasteiger partial charge in [0.25, 0.3) is 0 Å². The molecule has 2 unspecified atom stereocenters. The van der Waals surface area contributed by atoms with Crippen molar-refractivity contribution in [2.75, 3.05) is 39.6 Å². The average Bonchev–Trinajstić information content (AvgIpc) is 3.19. The van der Waals surface area contributed by atoms with Crippen LogP contribution in [0, 0.1) is 0 Å². The van der Waals surface area contributed by atoms with Crippen molar-refractivity contribution < 1.29 is 18.9 Å². The fourth-order valence-electron chi connectivity index (χ4n) is 1.76. The molecule has 100 valence electrons. The SMILES string of the molecule is C(COCCCC1CO1)COCCCC1CO1. The fourth-order valence-corrected chi connectivity index (χ4v) is 1.76. The van der Waals surface area contributed by atoms with Crippen LogP contribution in [0.2, 0.25) is 0 Å². The minimum atomic E-state index is 0.539. The predicted octanol–water partition coefficient (Wildman–Crippen LogP) is 1.77. The molecule has 2 heterocycles. The van der Waals surface area contributed by atoms with E-state index in [0.717, 1.165) is 71.7 Å². The smallest absolute Gasteiger partial charge is 0.0810 e. The summed E-state index contributed by atoms with van der Waals surface area (Å²) < 4.78 is 21.3. The molecular formula is C13H24O4. The van der Waals surface area contributed by atoms with Crippen molar-refractivity contribution in [1.29, 1.82) is 0 Å². The summed E-state index contributed by atoms with van der Waals surface area (Å²) in [5.74, 6) is 0. The van der Waals surface area contributed by atoms with Gasteiger partial charge in [-0.15, -0.1) is 0 Å². The van der Waals surface area contributed by atoms with E-state index in [1.807, 2.05) is 0 Å². The molecule has 0 aromatic rings. The molecule has 0 aromatic carbocycles. The van der Waals surface area contributed by atoms with E-state index in [1.54, 1.807) is 0 Å². The highest BCUT2D eigenvalue weighted by atomic mass is 16.6. The molecule has 0 saturated carbocycles. The Morgan fingerprint density at radius 3 is 1.53 bits per heavy atom. The van der Waals surface area contributed by atoms with Gasteiger partial charge in [-0.05, 0) is 32.1 Å². The molecule has 4 heteroatoms. The van der Waals surface area contributed by atoms with Gasteiger partial charge < -0.3 is 18.9 Å². The summed E-state index contributed by atoms with van der Waals surface area (Å²) in [5.41, 5.74) is 0. The second-order valence-corrected chi connectivity index (χ2v) is 4.77. The molecular weight excluding hydrogens is 220 g/mol. The van der Waals surface area contributed by atoms with Crippen molar-refractivity contribution in [2.24, 2.45) is 0 Å². The first-order chi connectivity index (χ1) is 8.45. The highest BCUT2D eigenvalue weighted by molar-refractivity contribution is 4.68. The van der Waals surface area contributed by atoms with Crippen LogP contribution in [0.5, 0.6) is 0 Å². The third kappa shape index (κ3) is 7.71. The standard InChI is InChI=1S/C13H24O4/c1(4-12-10-16-12)6-14-8-3-9-15-7-2-5-13-11-17-13/h12-13H,1-11H2. The highest BCUT2D eigenvalue weighted by Gasteiger charge is 2.21. The maximum Gasteiger partial charge on any atom is 0.0810 e. The van der Waals surface area contributed by atoms with E-state index in [4.69, 9.17) is 18.9 Å². The molecule has 0 spiro atoms. The average molecular weight is 244 g/mol. The number of ether oxygens (including phenoxy) is 4. The monoisotopic (exact) mass is 244 g/mol. The molecule has 0 aliphatic carbocycles. The van der Waals surface area contributed by atoms with Gasteiger partial charge in [-0.2, -0.15) is 0 Å². The van der Waals surface area contributed by atoms with E-state index in [0.29, 0.717) is 12.2 Å². The van der Waals surface area contributed by atoms with Crippen molar-refractivity contribution in [1.82, 2.24) is 0 Å². The van der Waals surface area contributed by atoms with E-state index in [1.165, 1.54) is 0 Å². The number of hydrogen-bond donors (Lipinski definition) is 0. The van der Waals surface area contributed by atoms with Crippen molar-refractivity contribution in [3.8, 4) is 0 Å². The van der Waals surface area contributed by atoms with Crippen LogP contribution in [0.15, 0.2) is 0 Å². The van der Waals surface area contributed by atoms with Crippen molar-refractivity contribution >= 4 is 0 Å². The highest BCUT2D eigenvalue weighted by Crippen LogP contribution is 2.15. The molecule has 2 atom stereocenters. The van der Waals surface area contributed by atoms with Crippen LogP contribution >= 0.6 is 0 Å². The summed E-state index contributed by atoms with van der Waals surface area (Å²) in [6, 6.07) is 0. The van der Waals surface area contributed by atoms with Crippen LogP contribution < -0.4 is 0 Å². The number of rotatable bonds is 12. The lowest BCUT2D eigenvalue weighted by Gasteiger charge is -2.05.